The average molecular weight is 432 g/mol. The number of anilines is 1. The van der Waals surface area contributed by atoms with E-state index in [0.717, 1.165) is 42.8 Å². The maximum absolute atomic E-state index is 14.7. The molecule has 0 aliphatic carbocycles. The molecule has 0 saturated carbocycles. The fourth-order valence-electron chi connectivity index (χ4n) is 4.16. The largest absolute Gasteiger partial charge is 0.493 e. The minimum Gasteiger partial charge on any atom is -0.493 e. The van der Waals surface area contributed by atoms with Gasteiger partial charge in [0.05, 0.1) is 35.3 Å². The Hall–Kier alpha value is -3.45. The van der Waals surface area contributed by atoms with Gasteiger partial charge in [-0.05, 0) is 56.4 Å². The van der Waals surface area contributed by atoms with Gasteiger partial charge in [-0.1, -0.05) is 6.07 Å². The van der Waals surface area contributed by atoms with Crippen molar-refractivity contribution in [3.8, 4) is 22.7 Å². The molecule has 1 aliphatic heterocycles. The molecule has 3 heterocycles. The summed E-state index contributed by atoms with van der Waals surface area (Å²) in [7, 11) is 2.16. The molecule has 32 heavy (non-hydrogen) atoms. The van der Waals surface area contributed by atoms with Crippen LogP contribution in [0, 0.1) is 5.82 Å². The summed E-state index contributed by atoms with van der Waals surface area (Å²) in [5, 5.41) is 5.46. The van der Waals surface area contributed by atoms with Crippen molar-refractivity contribution in [2.24, 2.45) is 0 Å². The standard InChI is InChI=1S/C25H26FN5O/c1-3-32-24-6-4-5-21(26)25(24)22-15-23-18(16-27-22)17-28-31(23)20-9-7-19(8-10-20)30-13-11-29(2)12-14-30/h4-10,15-17H,3,11-14H2,1-2H3. The first-order valence-electron chi connectivity index (χ1n) is 10.9. The molecule has 2 aromatic carbocycles. The van der Waals surface area contributed by atoms with E-state index < -0.39 is 0 Å². The molecule has 5 rings (SSSR count). The van der Waals surface area contributed by atoms with Gasteiger partial charge in [0.25, 0.3) is 0 Å². The summed E-state index contributed by atoms with van der Waals surface area (Å²) < 4.78 is 22.2. The highest BCUT2D eigenvalue weighted by molar-refractivity contribution is 5.84. The van der Waals surface area contributed by atoms with Gasteiger partial charge in [0.1, 0.15) is 11.6 Å². The first-order chi connectivity index (χ1) is 15.6. The number of hydrogen-bond acceptors (Lipinski definition) is 5. The number of piperazine rings is 1. The molecule has 1 saturated heterocycles. The molecule has 1 aliphatic rings. The molecule has 6 nitrogen and oxygen atoms in total. The van der Waals surface area contributed by atoms with Crippen LogP contribution in [0.4, 0.5) is 10.1 Å². The Kier molecular flexibility index (Phi) is 5.49. The molecule has 1 fully saturated rings. The summed E-state index contributed by atoms with van der Waals surface area (Å²) in [6, 6.07) is 15.1. The van der Waals surface area contributed by atoms with Crippen molar-refractivity contribution in [1.82, 2.24) is 19.7 Å². The van der Waals surface area contributed by atoms with Crippen LogP contribution in [0.5, 0.6) is 5.75 Å². The van der Waals surface area contributed by atoms with Gasteiger partial charge in [0.15, 0.2) is 0 Å². The average Bonchev–Trinajstić information content (AvgIpc) is 3.23. The highest BCUT2D eigenvalue weighted by Gasteiger charge is 2.17. The highest BCUT2D eigenvalue weighted by atomic mass is 19.1. The maximum Gasteiger partial charge on any atom is 0.136 e. The van der Waals surface area contributed by atoms with Crippen LogP contribution in [0.3, 0.4) is 0 Å². The predicted molar refractivity (Wildman–Crippen MR) is 125 cm³/mol. The van der Waals surface area contributed by atoms with Crippen LogP contribution in [0.2, 0.25) is 0 Å². The van der Waals surface area contributed by atoms with E-state index in [9.17, 15) is 4.39 Å². The number of rotatable bonds is 5. The van der Waals surface area contributed by atoms with Crippen molar-refractivity contribution in [2.75, 3.05) is 44.7 Å². The van der Waals surface area contributed by atoms with E-state index in [1.165, 1.54) is 11.8 Å². The quantitative estimate of drug-likeness (QED) is 0.469. The molecule has 0 amide bonds. The van der Waals surface area contributed by atoms with Gasteiger partial charge in [-0.3, -0.25) is 4.98 Å². The van der Waals surface area contributed by atoms with E-state index in [4.69, 9.17) is 4.74 Å². The number of ether oxygens (including phenoxy) is 1. The molecular weight excluding hydrogens is 405 g/mol. The lowest BCUT2D eigenvalue weighted by Gasteiger charge is -2.34. The molecule has 0 spiro atoms. The van der Waals surface area contributed by atoms with Crippen molar-refractivity contribution >= 4 is 16.6 Å². The van der Waals surface area contributed by atoms with Gasteiger partial charge in [-0.25, -0.2) is 9.07 Å². The van der Waals surface area contributed by atoms with Crippen LogP contribution >= 0.6 is 0 Å². The van der Waals surface area contributed by atoms with Crippen molar-refractivity contribution in [3.63, 3.8) is 0 Å². The number of benzene rings is 2. The fraction of sp³-hybridized carbons (Fsp3) is 0.280. The zero-order valence-corrected chi connectivity index (χ0v) is 18.3. The summed E-state index contributed by atoms with van der Waals surface area (Å²) in [6.07, 6.45) is 3.51. The molecule has 0 radical (unpaired) electrons. The molecular formula is C25H26FN5O. The van der Waals surface area contributed by atoms with Crippen LogP contribution in [0.25, 0.3) is 27.8 Å². The number of nitrogens with zero attached hydrogens (tertiary/aromatic N) is 5. The van der Waals surface area contributed by atoms with Gasteiger partial charge in [-0.15, -0.1) is 0 Å². The Morgan fingerprint density at radius 1 is 0.969 bits per heavy atom. The third-order valence-electron chi connectivity index (χ3n) is 5.95. The fourth-order valence-corrected chi connectivity index (χ4v) is 4.16. The zero-order valence-electron chi connectivity index (χ0n) is 18.3. The second-order valence-corrected chi connectivity index (χ2v) is 8.04. The number of hydrogen-bond donors (Lipinski definition) is 0. The molecule has 0 atom stereocenters. The number of aromatic nitrogens is 3. The smallest absolute Gasteiger partial charge is 0.136 e. The molecule has 0 unspecified atom stereocenters. The first-order valence-corrected chi connectivity index (χ1v) is 10.9. The minimum atomic E-state index is -0.356. The highest BCUT2D eigenvalue weighted by Crippen LogP contribution is 2.33. The van der Waals surface area contributed by atoms with Crippen molar-refractivity contribution < 1.29 is 9.13 Å². The van der Waals surface area contributed by atoms with E-state index in [1.807, 2.05) is 17.7 Å². The zero-order chi connectivity index (χ0) is 22.1. The van der Waals surface area contributed by atoms with E-state index in [1.54, 1.807) is 24.5 Å². The third-order valence-corrected chi connectivity index (χ3v) is 5.95. The third kappa shape index (κ3) is 3.80. The van der Waals surface area contributed by atoms with Gasteiger partial charge in [0, 0.05) is 43.4 Å². The topological polar surface area (TPSA) is 46.4 Å². The SMILES string of the molecule is CCOc1cccc(F)c1-c1cc2c(cn1)cnn2-c1ccc(N2CCN(C)CC2)cc1. The Morgan fingerprint density at radius 2 is 1.72 bits per heavy atom. The summed E-state index contributed by atoms with van der Waals surface area (Å²) >= 11 is 0. The molecule has 0 N–H and O–H groups in total. The van der Waals surface area contributed by atoms with Crippen LogP contribution in [-0.4, -0.2) is 59.5 Å². The van der Waals surface area contributed by atoms with Gasteiger partial charge < -0.3 is 14.5 Å². The lowest BCUT2D eigenvalue weighted by Crippen LogP contribution is -2.44. The Balaban J connectivity index is 1.50. The van der Waals surface area contributed by atoms with Gasteiger partial charge in [0.2, 0.25) is 0 Å². The number of pyridine rings is 1. The first kappa shape index (κ1) is 20.5. The number of halogens is 1. The van der Waals surface area contributed by atoms with Crippen molar-refractivity contribution in [1.29, 1.82) is 0 Å². The Bertz CT molecular complexity index is 1230. The molecule has 164 valence electrons. The predicted octanol–water partition coefficient (Wildman–Crippen LogP) is 4.38. The number of fused-ring (bicyclic) bond motifs is 1. The van der Waals surface area contributed by atoms with E-state index in [0.29, 0.717) is 23.6 Å². The molecule has 7 heteroatoms. The van der Waals surface area contributed by atoms with E-state index in [2.05, 4.69) is 51.2 Å². The van der Waals surface area contributed by atoms with Crippen molar-refractivity contribution in [2.45, 2.75) is 6.92 Å². The molecule has 0 bridgehead atoms. The van der Waals surface area contributed by atoms with Gasteiger partial charge >= 0.3 is 0 Å². The van der Waals surface area contributed by atoms with E-state index in [-0.39, 0.29) is 5.82 Å². The monoisotopic (exact) mass is 431 g/mol. The maximum atomic E-state index is 14.7. The molecule has 2 aromatic heterocycles. The second-order valence-electron chi connectivity index (χ2n) is 8.04. The Labute approximate surface area is 186 Å². The summed E-state index contributed by atoms with van der Waals surface area (Å²) in [5.41, 5.74) is 3.93. The lowest BCUT2D eigenvalue weighted by molar-refractivity contribution is 0.313. The van der Waals surface area contributed by atoms with Crippen molar-refractivity contribution in [3.05, 3.63) is 66.7 Å². The van der Waals surface area contributed by atoms with Crippen LogP contribution in [0.1, 0.15) is 6.92 Å². The van der Waals surface area contributed by atoms with Crippen LogP contribution in [-0.2, 0) is 0 Å². The van der Waals surface area contributed by atoms with E-state index >= 15 is 0 Å². The number of likely N-dealkylation sites (N-methyl/N-ethyl adjacent to an activating group) is 1. The van der Waals surface area contributed by atoms with Crippen LogP contribution < -0.4 is 9.64 Å². The lowest BCUT2D eigenvalue weighted by atomic mass is 10.1. The molecule has 4 aromatic rings. The Morgan fingerprint density at radius 3 is 2.47 bits per heavy atom. The summed E-state index contributed by atoms with van der Waals surface area (Å²) in [5.74, 6) is 0.132. The minimum absolute atomic E-state index is 0.356. The normalized spacial score (nSPS) is 14.8. The summed E-state index contributed by atoms with van der Waals surface area (Å²) in [4.78, 5) is 9.23. The van der Waals surface area contributed by atoms with Gasteiger partial charge in [-0.2, -0.15) is 5.10 Å². The van der Waals surface area contributed by atoms with Crippen LogP contribution in [0.15, 0.2) is 60.9 Å². The second kappa shape index (κ2) is 8.59. The summed E-state index contributed by atoms with van der Waals surface area (Å²) in [6.45, 7) is 6.53.